The summed E-state index contributed by atoms with van der Waals surface area (Å²) < 4.78 is 4.93. The van der Waals surface area contributed by atoms with Crippen LogP contribution in [0, 0.1) is 18.3 Å². The number of anilines is 3. The van der Waals surface area contributed by atoms with Gasteiger partial charge < -0.3 is 20.1 Å². The summed E-state index contributed by atoms with van der Waals surface area (Å²) in [7, 11) is 0. The number of nitrogens with zero attached hydrogens (tertiary/aromatic N) is 2. The lowest BCUT2D eigenvalue weighted by atomic mass is 9.91. The van der Waals surface area contributed by atoms with Crippen LogP contribution >= 0.6 is 0 Å². The lowest BCUT2D eigenvalue weighted by Gasteiger charge is -2.32. The zero-order valence-electron chi connectivity index (χ0n) is 16.9. The van der Waals surface area contributed by atoms with E-state index in [0.29, 0.717) is 17.3 Å². The standard InChI is InChI=1S/C21H28N4O3/c1-14-9-11-25(12-10-14)17-7-5-16(6-8-17)22-19(26)21(3,4)20(27)23-18-13-15(2)28-24-18/h5-8,13-14H,9-12H2,1-4H3,(H,22,26)(H,23,24,27). The van der Waals surface area contributed by atoms with Gasteiger partial charge in [0.15, 0.2) is 5.82 Å². The van der Waals surface area contributed by atoms with Crippen molar-refractivity contribution in [3.63, 3.8) is 0 Å². The van der Waals surface area contributed by atoms with Crippen LogP contribution in [-0.4, -0.2) is 30.1 Å². The van der Waals surface area contributed by atoms with Crippen molar-refractivity contribution >= 4 is 29.0 Å². The van der Waals surface area contributed by atoms with E-state index in [2.05, 4.69) is 27.6 Å². The summed E-state index contributed by atoms with van der Waals surface area (Å²) in [6, 6.07) is 9.38. The maximum atomic E-state index is 12.7. The van der Waals surface area contributed by atoms with Crippen LogP contribution in [-0.2, 0) is 9.59 Å². The predicted octanol–water partition coefficient (Wildman–Crippen LogP) is 3.82. The molecule has 1 aromatic carbocycles. The molecule has 0 atom stereocenters. The van der Waals surface area contributed by atoms with Gasteiger partial charge in [-0.3, -0.25) is 9.59 Å². The van der Waals surface area contributed by atoms with Crippen molar-refractivity contribution in [2.24, 2.45) is 11.3 Å². The van der Waals surface area contributed by atoms with Crippen LogP contribution < -0.4 is 15.5 Å². The third-order valence-electron chi connectivity index (χ3n) is 5.28. The van der Waals surface area contributed by atoms with Crippen LogP contribution in [0.1, 0.15) is 39.4 Å². The van der Waals surface area contributed by atoms with E-state index in [9.17, 15) is 9.59 Å². The summed E-state index contributed by atoms with van der Waals surface area (Å²) in [6.45, 7) is 9.29. The molecular weight excluding hydrogens is 356 g/mol. The van der Waals surface area contributed by atoms with Gasteiger partial charge in [0.05, 0.1) is 0 Å². The molecule has 2 aromatic rings. The summed E-state index contributed by atoms with van der Waals surface area (Å²) in [4.78, 5) is 27.5. The maximum absolute atomic E-state index is 12.7. The first kappa shape index (κ1) is 19.9. The van der Waals surface area contributed by atoms with Gasteiger partial charge in [-0.1, -0.05) is 12.1 Å². The molecule has 0 bridgehead atoms. The second kappa shape index (κ2) is 8.04. The average Bonchev–Trinajstić information content (AvgIpc) is 3.07. The lowest BCUT2D eigenvalue weighted by molar-refractivity contribution is -0.135. The Hall–Kier alpha value is -2.83. The molecule has 2 heterocycles. The number of aromatic nitrogens is 1. The van der Waals surface area contributed by atoms with E-state index in [4.69, 9.17) is 4.52 Å². The van der Waals surface area contributed by atoms with E-state index in [1.165, 1.54) is 12.8 Å². The third-order valence-corrected chi connectivity index (χ3v) is 5.28. The van der Waals surface area contributed by atoms with E-state index in [-0.39, 0.29) is 5.91 Å². The number of benzene rings is 1. The molecule has 7 heteroatoms. The topological polar surface area (TPSA) is 87.5 Å². The number of nitrogens with one attached hydrogen (secondary N) is 2. The zero-order valence-corrected chi connectivity index (χ0v) is 16.9. The lowest BCUT2D eigenvalue weighted by Crippen LogP contribution is -2.41. The Labute approximate surface area is 165 Å². The Morgan fingerprint density at radius 2 is 1.71 bits per heavy atom. The van der Waals surface area contributed by atoms with Crippen molar-refractivity contribution in [1.29, 1.82) is 0 Å². The first-order chi connectivity index (χ1) is 13.3. The molecule has 150 valence electrons. The van der Waals surface area contributed by atoms with Crippen molar-refractivity contribution in [2.75, 3.05) is 28.6 Å². The summed E-state index contributed by atoms with van der Waals surface area (Å²) in [6.07, 6.45) is 2.40. The maximum Gasteiger partial charge on any atom is 0.240 e. The molecule has 7 nitrogen and oxygen atoms in total. The molecule has 2 amide bonds. The van der Waals surface area contributed by atoms with Gasteiger partial charge in [-0.05, 0) is 63.8 Å². The highest BCUT2D eigenvalue weighted by atomic mass is 16.5. The quantitative estimate of drug-likeness (QED) is 0.765. The molecule has 1 saturated heterocycles. The average molecular weight is 384 g/mol. The highest BCUT2D eigenvalue weighted by Gasteiger charge is 2.36. The summed E-state index contributed by atoms with van der Waals surface area (Å²) >= 11 is 0. The van der Waals surface area contributed by atoms with Gasteiger partial charge in [-0.15, -0.1) is 0 Å². The first-order valence-corrected chi connectivity index (χ1v) is 9.67. The predicted molar refractivity (Wildman–Crippen MR) is 109 cm³/mol. The van der Waals surface area contributed by atoms with Gasteiger partial charge in [-0.25, -0.2) is 0 Å². The van der Waals surface area contributed by atoms with Crippen LogP contribution in [0.4, 0.5) is 17.2 Å². The largest absolute Gasteiger partial charge is 0.372 e. The molecule has 1 aliphatic rings. The summed E-state index contributed by atoms with van der Waals surface area (Å²) in [5.74, 6) is 0.830. The van der Waals surface area contributed by atoms with Crippen molar-refractivity contribution in [1.82, 2.24) is 5.16 Å². The number of hydrogen-bond acceptors (Lipinski definition) is 5. The molecule has 0 unspecified atom stereocenters. The minimum Gasteiger partial charge on any atom is -0.372 e. The molecule has 28 heavy (non-hydrogen) atoms. The molecule has 2 N–H and O–H groups in total. The molecule has 3 rings (SSSR count). The van der Waals surface area contributed by atoms with Crippen molar-refractivity contribution in [3.8, 4) is 0 Å². The van der Waals surface area contributed by atoms with Crippen molar-refractivity contribution in [3.05, 3.63) is 36.1 Å². The molecule has 0 saturated carbocycles. The van der Waals surface area contributed by atoms with Crippen LogP contribution in [0.3, 0.4) is 0 Å². The van der Waals surface area contributed by atoms with Gasteiger partial charge in [0.25, 0.3) is 0 Å². The van der Waals surface area contributed by atoms with E-state index < -0.39 is 11.3 Å². The van der Waals surface area contributed by atoms with Crippen LogP contribution in [0.15, 0.2) is 34.9 Å². The number of amides is 2. The van der Waals surface area contributed by atoms with Gasteiger partial charge in [0, 0.05) is 30.5 Å². The number of carbonyl (C=O) groups is 2. The third kappa shape index (κ3) is 4.52. The smallest absolute Gasteiger partial charge is 0.240 e. The minimum absolute atomic E-state index is 0.295. The molecule has 1 aromatic heterocycles. The van der Waals surface area contributed by atoms with Crippen molar-refractivity contribution < 1.29 is 14.1 Å². The fraction of sp³-hybridized carbons (Fsp3) is 0.476. The van der Waals surface area contributed by atoms with Gasteiger partial charge >= 0.3 is 0 Å². The first-order valence-electron chi connectivity index (χ1n) is 9.67. The molecule has 0 spiro atoms. The Kier molecular flexibility index (Phi) is 5.72. The Morgan fingerprint density at radius 1 is 1.11 bits per heavy atom. The minimum atomic E-state index is -1.27. The number of rotatable bonds is 5. The highest BCUT2D eigenvalue weighted by molar-refractivity contribution is 6.13. The normalized spacial score (nSPS) is 15.4. The van der Waals surface area contributed by atoms with Gasteiger partial charge in [-0.2, -0.15) is 0 Å². The number of piperidine rings is 1. The van der Waals surface area contributed by atoms with Gasteiger partial charge in [0.2, 0.25) is 11.8 Å². The molecule has 1 fully saturated rings. The monoisotopic (exact) mass is 384 g/mol. The molecule has 1 aliphatic heterocycles. The van der Waals surface area contributed by atoms with Crippen molar-refractivity contribution in [2.45, 2.75) is 40.5 Å². The highest BCUT2D eigenvalue weighted by Crippen LogP contribution is 2.26. The van der Waals surface area contributed by atoms with Crippen LogP contribution in [0.25, 0.3) is 0 Å². The summed E-state index contributed by atoms with van der Waals surface area (Å²) in [5.41, 5.74) is 0.551. The van der Waals surface area contributed by atoms with Crippen LogP contribution in [0.5, 0.6) is 0 Å². The second-order valence-corrected chi connectivity index (χ2v) is 8.07. The second-order valence-electron chi connectivity index (χ2n) is 8.07. The van der Waals surface area contributed by atoms with Crippen LogP contribution in [0.2, 0.25) is 0 Å². The van der Waals surface area contributed by atoms with E-state index in [0.717, 1.165) is 24.7 Å². The summed E-state index contributed by atoms with van der Waals surface area (Å²) in [5, 5.41) is 9.17. The fourth-order valence-electron chi connectivity index (χ4n) is 3.11. The molecular formula is C21H28N4O3. The van der Waals surface area contributed by atoms with Gasteiger partial charge in [0.1, 0.15) is 11.2 Å². The number of carbonyl (C=O) groups excluding carboxylic acids is 2. The molecule has 0 radical (unpaired) electrons. The Morgan fingerprint density at radius 3 is 2.29 bits per heavy atom. The zero-order chi connectivity index (χ0) is 20.3. The Bertz CT molecular complexity index is 834. The number of hydrogen-bond donors (Lipinski definition) is 2. The fourth-order valence-corrected chi connectivity index (χ4v) is 3.11. The van der Waals surface area contributed by atoms with E-state index in [1.807, 2.05) is 24.3 Å². The molecule has 0 aliphatic carbocycles. The number of aryl methyl sites for hydroxylation is 1. The van der Waals surface area contributed by atoms with E-state index in [1.54, 1.807) is 26.8 Å². The van der Waals surface area contributed by atoms with E-state index >= 15 is 0 Å². The Balaban J connectivity index is 1.60. The SMILES string of the molecule is Cc1cc(NC(=O)C(C)(C)C(=O)Nc2ccc(N3CCC(C)CC3)cc2)no1.